The molecule has 2 fully saturated rings. The molecule has 1 saturated heterocycles. The van der Waals surface area contributed by atoms with E-state index in [2.05, 4.69) is 24.1 Å². The number of Topliss-reactive ketones (excluding diaryl/α,β-unsaturated/α-hetero) is 1. The first-order valence-corrected chi connectivity index (χ1v) is 7.93. The number of fused-ring (bicyclic) bond motifs is 1. The Morgan fingerprint density at radius 2 is 2.05 bits per heavy atom. The van der Waals surface area contributed by atoms with Gasteiger partial charge in [0.2, 0.25) is 5.91 Å². The number of hydrogen-bond donors (Lipinski definition) is 1. The molecule has 4 unspecified atom stereocenters. The molecule has 0 aromatic carbocycles. The monoisotopic (exact) mass is 292 g/mol. The van der Waals surface area contributed by atoms with E-state index in [1.807, 2.05) is 27.0 Å². The molecule has 0 bridgehead atoms. The zero-order valence-corrected chi connectivity index (χ0v) is 14.1. The van der Waals surface area contributed by atoms with Gasteiger partial charge in [-0.15, -0.1) is 0 Å². The van der Waals surface area contributed by atoms with Crippen LogP contribution in [0.5, 0.6) is 0 Å². The maximum atomic E-state index is 12.6. The summed E-state index contributed by atoms with van der Waals surface area (Å²) in [5.41, 5.74) is 0.985. The van der Waals surface area contributed by atoms with E-state index in [0.717, 1.165) is 13.0 Å². The van der Waals surface area contributed by atoms with Crippen molar-refractivity contribution in [1.82, 2.24) is 10.2 Å². The second-order valence-electron chi connectivity index (χ2n) is 7.19. The molecule has 2 rings (SSSR count). The topological polar surface area (TPSA) is 49.4 Å². The van der Waals surface area contributed by atoms with Gasteiger partial charge in [-0.3, -0.25) is 14.5 Å². The first kappa shape index (κ1) is 16.2. The van der Waals surface area contributed by atoms with Crippen LogP contribution in [-0.4, -0.2) is 42.3 Å². The van der Waals surface area contributed by atoms with Crippen LogP contribution in [-0.2, 0) is 9.59 Å². The van der Waals surface area contributed by atoms with E-state index < -0.39 is 0 Å². The third-order valence-electron chi connectivity index (χ3n) is 5.36. The molecule has 2 aliphatic rings. The Hall–Kier alpha value is -1.16. The van der Waals surface area contributed by atoms with E-state index in [4.69, 9.17) is 0 Å². The molecule has 4 nitrogen and oxygen atoms in total. The molecule has 0 aromatic heterocycles. The number of nitrogens with zero attached hydrogens (tertiary/aromatic N) is 1. The fourth-order valence-electron chi connectivity index (χ4n) is 4.05. The van der Waals surface area contributed by atoms with E-state index in [1.165, 1.54) is 0 Å². The van der Waals surface area contributed by atoms with Crippen LogP contribution in [0.2, 0.25) is 0 Å². The Bertz CT molecular complexity index is 481. The van der Waals surface area contributed by atoms with E-state index >= 15 is 0 Å². The van der Waals surface area contributed by atoms with Crippen molar-refractivity contribution in [3.8, 4) is 0 Å². The smallest absolute Gasteiger partial charge is 0.238 e. The summed E-state index contributed by atoms with van der Waals surface area (Å²) in [7, 11) is 2.02. The van der Waals surface area contributed by atoms with Crippen molar-refractivity contribution in [1.29, 1.82) is 0 Å². The molecule has 4 heteroatoms. The van der Waals surface area contributed by atoms with Gasteiger partial charge >= 0.3 is 0 Å². The van der Waals surface area contributed by atoms with Crippen molar-refractivity contribution >= 4 is 11.7 Å². The van der Waals surface area contributed by atoms with E-state index in [1.54, 1.807) is 6.92 Å². The lowest BCUT2D eigenvalue weighted by atomic mass is 9.99. The van der Waals surface area contributed by atoms with Crippen LogP contribution in [0.4, 0.5) is 0 Å². The van der Waals surface area contributed by atoms with Gasteiger partial charge < -0.3 is 5.32 Å². The molecule has 1 amide bonds. The minimum absolute atomic E-state index is 0.0362. The van der Waals surface area contributed by atoms with Crippen molar-refractivity contribution in [2.45, 2.75) is 53.1 Å². The first-order valence-electron chi connectivity index (χ1n) is 7.93. The highest BCUT2D eigenvalue weighted by molar-refractivity contribution is 5.95. The Morgan fingerprint density at radius 3 is 2.52 bits per heavy atom. The molecule has 4 atom stereocenters. The maximum absolute atomic E-state index is 12.6. The molecule has 0 aromatic rings. The number of rotatable bonds is 5. The molecule has 1 saturated carbocycles. The summed E-state index contributed by atoms with van der Waals surface area (Å²) in [6.45, 7) is 10.9. The molecular weight excluding hydrogens is 264 g/mol. The van der Waals surface area contributed by atoms with Gasteiger partial charge in [0.05, 0.1) is 12.1 Å². The van der Waals surface area contributed by atoms with Gasteiger partial charge in [0.15, 0.2) is 5.78 Å². The Morgan fingerprint density at radius 1 is 1.43 bits per heavy atom. The van der Waals surface area contributed by atoms with Gasteiger partial charge in [0.25, 0.3) is 0 Å². The molecule has 1 aliphatic heterocycles. The van der Waals surface area contributed by atoms with E-state index in [9.17, 15) is 9.59 Å². The molecule has 1 N–H and O–H groups in total. The van der Waals surface area contributed by atoms with Crippen molar-refractivity contribution in [2.24, 2.45) is 17.3 Å². The summed E-state index contributed by atoms with van der Waals surface area (Å²) in [5.74, 6) is 1.18. The zero-order chi connectivity index (χ0) is 15.9. The minimum atomic E-state index is -0.218. The normalized spacial score (nSPS) is 32.5. The standard InChI is InChI=1S/C17H28N2O2/c1-7-8-12(11(3)20)10(2)18-16(21)15-14-13(9-19(15)6)17(14,4)5/h8,10,13-15H,7,9H2,1-6H3,(H,18,21). The van der Waals surface area contributed by atoms with Crippen LogP contribution in [0.1, 0.15) is 41.0 Å². The van der Waals surface area contributed by atoms with Gasteiger partial charge in [0.1, 0.15) is 0 Å². The number of allylic oxidation sites excluding steroid dienone is 1. The molecule has 21 heavy (non-hydrogen) atoms. The van der Waals surface area contributed by atoms with Crippen LogP contribution in [0.15, 0.2) is 11.6 Å². The van der Waals surface area contributed by atoms with Crippen molar-refractivity contribution in [3.05, 3.63) is 11.6 Å². The van der Waals surface area contributed by atoms with E-state index in [0.29, 0.717) is 17.4 Å². The second kappa shape index (κ2) is 5.56. The summed E-state index contributed by atoms with van der Waals surface area (Å²) in [5, 5.41) is 3.04. The summed E-state index contributed by atoms with van der Waals surface area (Å²) in [4.78, 5) is 26.5. The number of ketones is 1. The summed E-state index contributed by atoms with van der Waals surface area (Å²) in [6.07, 6.45) is 2.71. The number of likely N-dealkylation sites (N-methyl/N-ethyl adjacent to an activating group) is 1. The number of amides is 1. The number of nitrogens with one attached hydrogen (secondary N) is 1. The highest BCUT2D eigenvalue weighted by Crippen LogP contribution is 2.64. The molecule has 1 aliphatic carbocycles. The largest absolute Gasteiger partial charge is 0.348 e. The van der Waals surface area contributed by atoms with Gasteiger partial charge in [-0.1, -0.05) is 26.8 Å². The number of carbonyl (C=O) groups excluding carboxylic acids is 2. The number of hydrogen-bond acceptors (Lipinski definition) is 3. The Balaban J connectivity index is 2.04. The zero-order valence-electron chi connectivity index (χ0n) is 14.1. The van der Waals surface area contributed by atoms with Gasteiger partial charge in [-0.05, 0) is 44.6 Å². The van der Waals surface area contributed by atoms with Crippen LogP contribution in [0, 0.1) is 17.3 Å². The third-order valence-corrected chi connectivity index (χ3v) is 5.36. The summed E-state index contributed by atoms with van der Waals surface area (Å²) in [6, 6.07) is -0.272. The number of carbonyl (C=O) groups is 2. The summed E-state index contributed by atoms with van der Waals surface area (Å²) >= 11 is 0. The highest BCUT2D eigenvalue weighted by atomic mass is 16.2. The Kier molecular flexibility index (Phi) is 4.29. The van der Waals surface area contributed by atoms with Gasteiger partial charge in [-0.25, -0.2) is 0 Å². The minimum Gasteiger partial charge on any atom is -0.348 e. The second-order valence-corrected chi connectivity index (χ2v) is 7.19. The van der Waals surface area contributed by atoms with Crippen LogP contribution < -0.4 is 5.32 Å². The van der Waals surface area contributed by atoms with Crippen molar-refractivity contribution in [2.75, 3.05) is 13.6 Å². The van der Waals surface area contributed by atoms with Crippen molar-refractivity contribution < 1.29 is 9.59 Å². The number of piperidine rings is 1. The molecule has 118 valence electrons. The van der Waals surface area contributed by atoms with Crippen LogP contribution in [0.3, 0.4) is 0 Å². The fourth-order valence-corrected chi connectivity index (χ4v) is 4.05. The lowest BCUT2D eigenvalue weighted by Crippen LogP contribution is -2.49. The lowest BCUT2D eigenvalue weighted by Gasteiger charge is -2.28. The van der Waals surface area contributed by atoms with Crippen molar-refractivity contribution in [3.63, 3.8) is 0 Å². The van der Waals surface area contributed by atoms with E-state index in [-0.39, 0.29) is 29.2 Å². The average molecular weight is 292 g/mol. The average Bonchev–Trinajstić information content (AvgIpc) is 2.73. The fraction of sp³-hybridized carbons (Fsp3) is 0.765. The van der Waals surface area contributed by atoms with Gasteiger partial charge in [-0.2, -0.15) is 0 Å². The number of likely N-dealkylation sites (tertiary alicyclic amines) is 1. The molecule has 1 heterocycles. The molecular formula is C17H28N2O2. The molecule has 0 radical (unpaired) electrons. The SMILES string of the molecule is CCC=C(C(C)=O)C(C)NC(=O)C1C2C(CN1C)C2(C)C. The lowest BCUT2D eigenvalue weighted by molar-refractivity contribution is -0.126. The highest BCUT2D eigenvalue weighted by Gasteiger charge is 2.67. The maximum Gasteiger partial charge on any atom is 0.238 e. The van der Waals surface area contributed by atoms with Crippen LogP contribution >= 0.6 is 0 Å². The summed E-state index contributed by atoms with van der Waals surface area (Å²) < 4.78 is 0. The molecule has 0 spiro atoms. The quantitative estimate of drug-likeness (QED) is 0.789. The predicted molar refractivity (Wildman–Crippen MR) is 83.8 cm³/mol. The first-order chi connectivity index (χ1) is 9.71. The predicted octanol–water partition coefficient (Wildman–Crippen LogP) is 2.00. The van der Waals surface area contributed by atoms with Gasteiger partial charge in [0, 0.05) is 12.1 Å². The Labute approximate surface area is 128 Å². The van der Waals surface area contributed by atoms with Crippen LogP contribution in [0.25, 0.3) is 0 Å². The third kappa shape index (κ3) is 2.78.